The predicted octanol–water partition coefficient (Wildman–Crippen LogP) is 4.22. The summed E-state index contributed by atoms with van der Waals surface area (Å²) in [4.78, 5) is 26.4. The van der Waals surface area contributed by atoms with E-state index in [1.165, 1.54) is 4.90 Å². The highest BCUT2D eigenvalue weighted by atomic mass is 16.5. The Bertz CT molecular complexity index is 898. The molecule has 7 nitrogen and oxygen atoms in total. The first kappa shape index (κ1) is 25.0. The molecule has 0 aromatic heterocycles. The van der Waals surface area contributed by atoms with Crippen LogP contribution in [0.15, 0.2) is 42.5 Å². The SMILES string of the molecule is CCCCOc1ccc(C(=O)NC(CC)c2ccccc2OCC(=O)N(C)C)cc1OC. The number of hydrogen-bond donors (Lipinski definition) is 1. The van der Waals surface area contributed by atoms with Crippen LogP contribution in [0.2, 0.25) is 0 Å². The normalized spacial score (nSPS) is 11.4. The van der Waals surface area contributed by atoms with Gasteiger partial charge < -0.3 is 24.4 Å². The Balaban J connectivity index is 2.15. The monoisotopic (exact) mass is 442 g/mol. The molecule has 0 heterocycles. The second kappa shape index (κ2) is 12.6. The van der Waals surface area contributed by atoms with Crippen LogP contribution in [-0.4, -0.2) is 51.1 Å². The lowest BCUT2D eigenvalue weighted by molar-refractivity contribution is -0.130. The molecule has 0 bridgehead atoms. The van der Waals surface area contributed by atoms with E-state index in [9.17, 15) is 9.59 Å². The number of likely N-dealkylation sites (N-methyl/N-ethyl adjacent to an activating group) is 1. The Morgan fingerprint density at radius 2 is 1.75 bits per heavy atom. The Morgan fingerprint density at radius 1 is 1.00 bits per heavy atom. The molecule has 2 aromatic carbocycles. The molecule has 1 N–H and O–H groups in total. The van der Waals surface area contributed by atoms with Crippen molar-refractivity contribution < 1.29 is 23.8 Å². The van der Waals surface area contributed by atoms with Gasteiger partial charge in [0.15, 0.2) is 18.1 Å². The number of hydrogen-bond acceptors (Lipinski definition) is 5. The summed E-state index contributed by atoms with van der Waals surface area (Å²) in [7, 11) is 4.92. The molecule has 2 amide bonds. The third-order valence-electron chi connectivity index (χ3n) is 5.04. The van der Waals surface area contributed by atoms with E-state index in [1.54, 1.807) is 45.5 Å². The van der Waals surface area contributed by atoms with Gasteiger partial charge in [0.2, 0.25) is 0 Å². The summed E-state index contributed by atoms with van der Waals surface area (Å²) in [5, 5.41) is 3.06. The van der Waals surface area contributed by atoms with Gasteiger partial charge >= 0.3 is 0 Å². The molecule has 0 aliphatic rings. The number of ether oxygens (including phenoxy) is 3. The lowest BCUT2D eigenvalue weighted by Crippen LogP contribution is -2.30. The van der Waals surface area contributed by atoms with Crippen LogP contribution in [0.5, 0.6) is 17.2 Å². The molecule has 32 heavy (non-hydrogen) atoms. The zero-order valence-electron chi connectivity index (χ0n) is 19.6. The van der Waals surface area contributed by atoms with Gasteiger partial charge in [0.05, 0.1) is 19.8 Å². The summed E-state index contributed by atoms with van der Waals surface area (Å²) in [5.74, 6) is 1.35. The second-order valence-electron chi connectivity index (χ2n) is 7.62. The number of benzene rings is 2. The molecule has 0 spiro atoms. The molecule has 0 saturated carbocycles. The first-order valence-corrected chi connectivity index (χ1v) is 10.9. The van der Waals surface area contributed by atoms with E-state index in [0.717, 1.165) is 18.4 Å². The lowest BCUT2D eigenvalue weighted by atomic mass is 10.0. The standard InChI is InChI=1S/C25H34N2O5/c1-6-8-15-31-22-14-13-18(16-23(22)30-5)25(29)26-20(7-2)19-11-9-10-12-21(19)32-17-24(28)27(3)4/h9-14,16,20H,6-8,15,17H2,1-5H3,(H,26,29). The summed E-state index contributed by atoms with van der Waals surface area (Å²) < 4.78 is 16.9. The van der Waals surface area contributed by atoms with Crippen LogP contribution < -0.4 is 19.5 Å². The average molecular weight is 443 g/mol. The number of carbonyl (C=O) groups excluding carboxylic acids is 2. The Labute approximate surface area is 190 Å². The molecule has 0 saturated heterocycles. The van der Waals surface area contributed by atoms with E-state index in [4.69, 9.17) is 14.2 Å². The van der Waals surface area contributed by atoms with Crippen LogP contribution in [0.25, 0.3) is 0 Å². The van der Waals surface area contributed by atoms with Crippen molar-refractivity contribution in [2.24, 2.45) is 0 Å². The molecular formula is C25H34N2O5. The highest BCUT2D eigenvalue weighted by molar-refractivity contribution is 5.95. The van der Waals surface area contributed by atoms with Crippen LogP contribution in [0, 0.1) is 0 Å². The number of methoxy groups -OCH3 is 1. The molecule has 1 unspecified atom stereocenters. The number of carbonyl (C=O) groups is 2. The van der Waals surface area contributed by atoms with Crippen molar-refractivity contribution in [1.82, 2.24) is 10.2 Å². The number of nitrogens with zero attached hydrogens (tertiary/aromatic N) is 1. The van der Waals surface area contributed by atoms with Crippen molar-refractivity contribution >= 4 is 11.8 Å². The van der Waals surface area contributed by atoms with E-state index < -0.39 is 0 Å². The van der Waals surface area contributed by atoms with E-state index in [-0.39, 0.29) is 24.5 Å². The molecule has 1 atom stereocenters. The zero-order chi connectivity index (χ0) is 23.5. The van der Waals surface area contributed by atoms with Crippen molar-refractivity contribution in [2.45, 2.75) is 39.2 Å². The predicted molar refractivity (Wildman–Crippen MR) is 125 cm³/mol. The van der Waals surface area contributed by atoms with Gasteiger partial charge in [-0.05, 0) is 37.1 Å². The van der Waals surface area contributed by atoms with Gasteiger partial charge in [0, 0.05) is 25.2 Å². The maximum Gasteiger partial charge on any atom is 0.259 e. The minimum absolute atomic E-state index is 0.0644. The van der Waals surface area contributed by atoms with Gasteiger partial charge in [-0.3, -0.25) is 9.59 Å². The van der Waals surface area contributed by atoms with Crippen molar-refractivity contribution in [3.8, 4) is 17.2 Å². The van der Waals surface area contributed by atoms with Crippen molar-refractivity contribution in [3.05, 3.63) is 53.6 Å². The molecule has 174 valence electrons. The van der Waals surface area contributed by atoms with E-state index in [1.807, 2.05) is 25.1 Å². The van der Waals surface area contributed by atoms with Crippen molar-refractivity contribution in [3.63, 3.8) is 0 Å². The summed E-state index contributed by atoms with van der Waals surface area (Å²) in [6, 6.07) is 12.3. The summed E-state index contributed by atoms with van der Waals surface area (Å²) >= 11 is 0. The molecular weight excluding hydrogens is 408 g/mol. The maximum atomic E-state index is 13.0. The van der Waals surface area contributed by atoms with E-state index in [2.05, 4.69) is 12.2 Å². The molecule has 0 radical (unpaired) electrons. The minimum atomic E-state index is -0.278. The van der Waals surface area contributed by atoms with Crippen molar-refractivity contribution in [1.29, 1.82) is 0 Å². The first-order chi connectivity index (χ1) is 15.4. The summed E-state index contributed by atoms with van der Waals surface area (Å²) in [6.45, 7) is 4.62. The first-order valence-electron chi connectivity index (χ1n) is 10.9. The van der Waals surface area contributed by atoms with Crippen LogP contribution in [0.1, 0.15) is 55.1 Å². The van der Waals surface area contributed by atoms with Gasteiger partial charge in [-0.1, -0.05) is 38.5 Å². The Kier molecular flexibility index (Phi) is 9.85. The number of para-hydroxylation sites is 1. The fraction of sp³-hybridized carbons (Fsp3) is 0.440. The van der Waals surface area contributed by atoms with Crippen molar-refractivity contribution in [2.75, 3.05) is 34.4 Å². The maximum absolute atomic E-state index is 13.0. The van der Waals surface area contributed by atoms with Crippen LogP contribution in [0.3, 0.4) is 0 Å². The van der Waals surface area contributed by atoms with Gasteiger partial charge in [-0.25, -0.2) is 0 Å². The highest BCUT2D eigenvalue weighted by Gasteiger charge is 2.20. The van der Waals surface area contributed by atoms with E-state index in [0.29, 0.717) is 35.8 Å². The number of nitrogens with one attached hydrogen (secondary N) is 1. The molecule has 0 fully saturated rings. The molecule has 2 rings (SSSR count). The molecule has 0 aliphatic heterocycles. The smallest absolute Gasteiger partial charge is 0.259 e. The van der Waals surface area contributed by atoms with Gasteiger partial charge in [-0.15, -0.1) is 0 Å². The van der Waals surface area contributed by atoms with Gasteiger partial charge in [-0.2, -0.15) is 0 Å². The fourth-order valence-electron chi connectivity index (χ4n) is 3.06. The average Bonchev–Trinajstić information content (AvgIpc) is 2.81. The third kappa shape index (κ3) is 6.90. The minimum Gasteiger partial charge on any atom is -0.493 e. The Morgan fingerprint density at radius 3 is 2.41 bits per heavy atom. The zero-order valence-corrected chi connectivity index (χ0v) is 19.6. The Hall–Kier alpha value is -3.22. The molecule has 7 heteroatoms. The lowest BCUT2D eigenvalue weighted by Gasteiger charge is -2.21. The number of rotatable bonds is 12. The fourth-order valence-corrected chi connectivity index (χ4v) is 3.06. The summed E-state index contributed by atoms with van der Waals surface area (Å²) in [6.07, 6.45) is 2.64. The van der Waals surface area contributed by atoms with Crippen LogP contribution in [0.4, 0.5) is 0 Å². The van der Waals surface area contributed by atoms with Gasteiger partial charge in [0.1, 0.15) is 5.75 Å². The largest absolute Gasteiger partial charge is 0.493 e. The van der Waals surface area contributed by atoms with E-state index >= 15 is 0 Å². The number of unbranched alkanes of at least 4 members (excludes halogenated alkanes) is 1. The van der Waals surface area contributed by atoms with Crippen LogP contribution >= 0.6 is 0 Å². The molecule has 2 aromatic rings. The van der Waals surface area contributed by atoms with Crippen LogP contribution in [-0.2, 0) is 4.79 Å². The molecule has 0 aliphatic carbocycles. The quantitative estimate of drug-likeness (QED) is 0.498. The summed E-state index contributed by atoms with van der Waals surface area (Å²) in [5.41, 5.74) is 1.30. The second-order valence-corrected chi connectivity index (χ2v) is 7.62. The topological polar surface area (TPSA) is 77.1 Å². The highest BCUT2D eigenvalue weighted by Crippen LogP contribution is 2.30. The van der Waals surface area contributed by atoms with Gasteiger partial charge in [0.25, 0.3) is 11.8 Å². The third-order valence-corrected chi connectivity index (χ3v) is 5.04. The number of amides is 2.